The highest BCUT2D eigenvalue weighted by atomic mass is 32.2. The number of para-hydroxylation sites is 1. The molecule has 4 rings (SSSR count). The topological polar surface area (TPSA) is 65.2 Å². The highest BCUT2D eigenvalue weighted by Crippen LogP contribution is 2.28. The fraction of sp³-hybridized carbons (Fsp3) is 0.304. The number of aromatic nitrogens is 1. The van der Waals surface area contributed by atoms with Crippen LogP contribution in [0.5, 0.6) is 0 Å². The zero-order valence-electron chi connectivity index (χ0n) is 16.5. The number of hydrogen-bond acceptors (Lipinski definition) is 3. The molecule has 6 heteroatoms. The minimum Gasteiger partial charge on any atom is -0.358 e. The van der Waals surface area contributed by atoms with Gasteiger partial charge < -0.3 is 15.2 Å². The molecule has 1 aliphatic heterocycles. The van der Waals surface area contributed by atoms with Gasteiger partial charge in [-0.25, -0.2) is 0 Å². The quantitative estimate of drug-likeness (QED) is 0.656. The third kappa shape index (κ3) is 4.17. The van der Waals surface area contributed by atoms with Gasteiger partial charge in [0.25, 0.3) is 5.91 Å². The van der Waals surface area contributed by atoms with Gasteiger partial charge in [0.2, 0.25) is 5.91 Å². The average Bonchev–Trinajstić information content (AvgIpc) is 3.14. The van der Waals surface area contributed by atoms with Crippen molar-refractivity contribution in [2.75, 3.05) is 18.6 Å². The molecule has 0 bridgehead atoms. The van der Waals surface area contributed by atoms with Crippen molar-refractivity contribution in [3.63, 3.8) is 0 Å². The summed E-state index contributed by atoms with van der Waals surface area (Å²) in [6.07, 6.45) is 3.44. The van der Waals surface area contributed by atoms with Crippen molar-refractivity contribution in [3.05, 3.63) is 71.4 Å². The molecule has 0 unspecified atom stereocenters. The third-order valence-corrected chi connectivity index (χ3v) is 6.09. The van der Waals surface area contributed by atoms with Crippen LogP contribution in [-0.2, 0) is 17.8 Å². The van der Waals surface area contributed by atoms with E-state index >= 15 is 0 Å². The molecule has 0 spiro atoms. The maximum Gasteiger partial charge on any atom is 0.251 e. The van der Waals surface area contributed by atoms with E-state index in [9.17, 15) is 9.59 Å². The normalized spacial score (nSPS) is 14.4. The molecular weight excluding hydrogens is 382 g/mol. The molecule has 1 aromatic heterocycles. The second kappa shape index (κ2) is 8.74. The van der Waals surface area contributed by atoms with Crippen LogP contribution in [0, 0.1) is 0 Å². The number of rotatable bonds is 6. The van der Waals surface area contributed by atoms with Crippen molar-refractivity contribution in [2.45, 2.75) is 25.4 Å². The summed E-state index contributed by atoms with van der Waals surface area (Å²) in [5, 5.41) is 4.14. The number of carbonyl (C=O) groups is 2. The predicted molar refractivity (Wildman–Crippen MR) is 118 cm³/mol. The first-order valence-corrected chi connectivity index (χ1v) is 11.3. The maximum absolute atomic E-state index is 13.3. The number of H-pyrrole nitrogens is 1. The molecule has 0 radical (unpaired) electrons. The van der Waals surface area contributed by atoms with Gasteiger partial charge in [0.15, 0.2) is 0 Å². The van der Waals surface area contributed by atoms with E-state index in [1.54, 1.807) is 23.9 Å². The van der Waals surface area contributed by atoms with Crippen molar-refractivity contribution in [3.8, 4) is 0 Å². The van der Waals surface area contributed by atoms with E-state index in [0.717, 1.165) is 17.7 Å². The first-order chi connectivity index (χ1) is 14.2. The number of thioether (sulfide) groups is 1. The van der Waals surface area contributed by atoms with Gasteiger partial charge in [-0.3, -0.25) is 9.59 Å². The molecule has 3 aromatic rings. The molecule has 2 aromatic carbocycles. The van der Waals surface area contributed by atoms with Gasteiger partial charge in [-0.15, -0.1) is 0 Å². The summed E-state index contributed by atoms with van der Waals surface area (Å²) in [5.41, 5.74) is 4.09. The van der Waals surface area contributed by atoms with Crippen molar-refractivity contribution in [1.29, 1.82) is 0 Å². The monoisotopic (exact) mass is 407 g/mol. The molecule has 5 nitrogen and oxygen atoms in total. The van der Waals surface area contributed by atoms with Crippen LogP contribution in [0.25, 0.3) is 10.9 Å². The molecule has 0 aliphatic carbocycles. The summed E-state index contributed by atoms with van der Waals surface area (Å²) in [4.78, 5) is 31.3. The van der Waals surface area contributed by atoms with Crippen LogP contribution in [0.3, 0.4) is 0 Å². The molecule has 2 amide bonds. The van der Waals surface area contributed by atoms with Crippen molar-refractivity contribution in [2.24, 2.45) is 0 Å². The van der Waals surface area contributed by atoms with Gasteiger partial charge >= 0.3 is 0 Å². The highest BCUT2D eigenvalue weighted by Gasteiger charge is 2.30. The van der Waals surface area contributed by atoms with Crippen LogP contribution in [0.2, 0.25) is 0 Å². The number of hydrogen-bond donors (Lipinski definition) is 2. The van der Waals surface area contributed by atoms with Gasteiger partial charge in [-0.2, -0.15) is 11.8 Å². The number of fused-ring (bicyclic) bond motifs is 3. The van der Waals surface area contributed by atoms with Crippen molar-refractivity contribution in [1.82, 2.24) is 15.2 Å². The number of aromatic amines is 1. The lowest BCUT2D eigenvalue weighted by Crippen LogP contribution is -2.50. The van der Waals surface area contributed by atoms with E-state index in [1.165, 1.54) is 16.6 Å². The van der Waals surface area contributed by atoms with Crippen molar-refractivity contribution >= 4 is 34.5 Å². The molecule has 2 N–H and O–H groups in total. The molecule has 0 saturated carbocycles. The molecule has 29 heavy (non-hydrogen) atoms. The van der Waals surface area contributed by atoms with E-state index in [2.05, 4.69) is 22.4 Å². The number of amides is 2. The Hall–Kier alpha value is -2.73. The molecule has 1 atom stereocenters. The summed E-state index contributed by atoms with van der Waals surface area (Å²) in [5.74, 6) is 0.617. The van der Waals surface area contributed by atoms with Crippen LogP contribution < -0.4 is 5.32 Å². The minimum absolute atomic E-state index is 0.000683. The fourth-order valence-corrected chi connectivity index (χ4v) is 4.37. The van der Waals surface area contributed by atoms with E-state index in [-0.39, 0.29) is 11.8 Å². The Morgan fingerprint density at radius 3 is 2.69 bits per heavy atom. The van der Waals surface area contributed by atoms with Crippen LogP contribution in [-0.4, -0.2) is 46.3 Å². The number of nitrogens with one attached hydrogen (secondary N) is 2. The van der Waals surface area contributed by atoms with Crippen LogP contribution in [0.4, 0.5) is 0 Å². The van der Waals surface area contributed by atoms with Crippen LogP contribution in [0.15, 0.2) is 54.6 Å². The Morgan fingerprint density at radius 1 is 1.14 bits per heavy atom. The average molecular weight is 408 g/mol. The number of benzene rings is 2. The van der Waals surface area contributed by atoms with Gasteiger partial charge in [0.05, 0.1) is 0 Å². The highest BCUT2D eigenvalue weighted by molar-refractivity contribution is 7.98. The molecular formula is C23H25N3O2S. The van der Waals surface area contributed by atoms with Crippen LogP contribution in [0.1, 0.15) is 28.0 Å². The zero-order chi connectivity index (χ0) is 20.2. The smallest absolute Gasteiger partial charge is 0.251 e. The molecule has 150 valence electrons. The fourth-order valence-electron chi connectivity index (χ4n) is 3.90. The Kier molecular flexibility index (Phi) is 5.90. The second-order valence-corrected chi connectivity index (χ2v) is 8.30. The lowest BCUT2D eigenvalue weighted by Gasteiger charge is -2.31. The number of carbonyl (C=O) groups excluding carboxylic acids is 2. The van der Waals surface area contributed by atoms with Crippen LogP contribution >= 0.6 is 11.8 Å². The summed E-state index contributed by atoms with van der Waals surface area (Å²) in [6, 6.07) is 16.8. The van der Waals surface area contributed by atoms with Crippen molar-refractivity contribution < 1.29 is 9.59 Å². The van der Waals surface area contributed by atoms with E-state index in [0.29, 0.717) is 25.1 Å². The van der Waals surface area contributed by atoms with Gasteiger partial charge in [-0.1, -0.05) is 36.4 Å². The zero-order valence-corrected chi connectivity index (χ0v) is 17.3. The first-order valence-electron chi connectivity index (χ1n) is 9.89. The Balaban J connectivity index is 1.52. The van der Waals surface area contributed by atoms with Gasteiger partial charge in [0.1, 0.15) is 6.04 Å². The lowest BCUT2D eigenvalue weighted by atomic mass is 10.0. The lowest BCUT2D eigenvalue weighted by molar-refractivity contribution is -0.134. The first kappa shape index (κ1) is 19.6. The Labute approximate surface area is 174 Å². The molecule has 1 aliphatic rings. The SMILES string of the molecule is CSCC[C@@H](NC(=O)c1ccccc1)C(=O)N1CCc2[nH]c3ccccc3c2C1. The minimum atomic E-state index is -0.512. The van der Waals surface area contributed by atoms with E-state index in [4.69, 9.17) is 0 Å². The van der Waals surface area contributed by atoms with E-state index < -0.39 is 6.04 Å². The Morgan fingerprint density at radius 2 is 1.90 bits per heavy atom. The summed E-state index contributed by atoms with van der Waals surface area (Å²) < 4.78 is 0. The number of nitrogens with zero attached hydrogens (tertiary/aromatic N) is 1. The standard InChI is InChI=1S/C23H25N3O2S/c1-29-14-12-21(25-22(27)16-7-3-2-4-8-16)23(28)26-13-11-20-18(15-26)17-9-5-6-10-19(17)24-20/h2-10,21,24H,11-15H2,1H3,(H,25,27)/t21-/m1/s1. The van der Waals surface area contributed by atoms with E-state index in [1.807, 2.05) is 41.5 Å². The molecule has 0 saturated heterocycles. The summed E-state index contributed by atoms with van der Waals surface area (Å²) >= 11 is 1.68. The largest absolute Gasteiger partial charge is 0.358 e. The predicted octanol–water partition coefficient (Wildman–Crippen LogP) is 3.60. The van der Waals surface area contributed by atoms with Gasteiger partial charge in [0, 0.05) is 47.2 Å². The maximum atomic E-state index is 13.3. The summed E-state index contributed by atoms with van der Waals surface area (Å²) in [7, 11) is 0. The molecule has 0 fully saturated rings. The Bertz CT molecular complexity index is 1020. The molecule has 2 heterocycles. The second-order valence-electron chi connectivity index (χ2n) is 7.31. The van der Waals surface area contributed by atoms with Gasteiger partial charge in [-0.05, 0) is 36.6 Å². The third-order valence-electron chi connectivity index (χ3n) is 5.44. The summed E-state index contributed by atoms with van der Waals surface area (Å²) in [6.45, 7) is 1.24.